The Balaban J connectivity index is 1.66. The molecule has 0 spiro atoms. The fourth-order valence-electron chi connectivity index (χ4n) is 3.35. The lowest BCUT2D eigenvalue weighted by Gasteiger charge is -2.34. The number of nitrogens with zero attached hydrogens (tertiary/aromatic N) is 2. The molecule has 1 fully saturated rings. The Kier molecular flexibility index (Phi) is 6.46. The molecule has 2 aromatic carbocycles. The maximum atomic E-state index is 12.9. The highest BCUT2D eigenvalue weighted by Gasteiger charge is 2.25. The Bertz CT molecular complexity index is 748. The summed E-state index contributed by atoms with van der Waals surface area (Å²) < 4.78 is 6.98. The molecular formula is C21H25BrN2O2. The second kappa shape index (κ2) is 8.80. The molecule has 1 aliphatic rings. The topological polar surface area (TPSA) is 32.8 Å². The van der Waals surface area contributed by atoms with Gasteiger partial charge in [0.25, 0.3) is 0 Å². The minimum Gasteiger partial charge on any atom is -0.371 e. The number of anilines is 1. The number of carbonyl (C=O) groups is 1. The summed E-state index contributed by atoms with van der Waals surface area (Å²) in [5.41, 5.74) is 3.27. The summed E-state index contributed by atoms with van der Waals surface area (Å²) in [5, 5.41) is 0. The van der Waals surface area contributed by atoms with E-state index in [1.807, 2.05) is 55.1 Å². The molecule has 0 bridgehead atoms. The van der Waals surface area contributed by atoms with E-state index in [4.69, 9.17) is 4.74 Å². The lowest BCUT2D eigenvalue weighted by Crippen LogP contribution is -2.45. The monoisotopic (exact) mass is 416 g/mol. The maximum absolute atomic E-state index is 12.9. The quantitative estimate of drug-likeness (QED) is 0.732. The zero-order valence-electron chi connectivity index (χ0n) is 15.3. The molecule has 4 nitrogen and oxygen atoms in total. The second-order valence-electron chi connectivity index (χ2n) is 6.57. The highest BCUT2D eigenvalue weighted by Crippen LogP contribution is 2.24. The molecular weight excluding hydrogens is 392 g/mol. The highest BCUT2D eigenvalue weighted by molar-refractivity contribution is 9.10. The Morgan fingerprint density at radius 3 is 2.65 bits per heavy atom. The van der Waals surface area contributed by atoms with Gasteiger partial charge in [-0.05, 0) is 43.2 Å². The molecule has 0 saturated carbocycles. The van der Waals surface area contributed by atoms with Crippen LogP contribution in [0.25, 0.3) is 0 Å². The van der Waals surface area contributed by atoms with Gasteiger partial charge in [-0.25, -0.2) is 0 Å². The average molecular weight is 417 g/mol. The summed E-state index contributed by atoms with van der Waals surface area (Å²) in [6.45, 7) is 7.31. The van der Waals surface area contributed by atoms with Crippen LogP contribution in [-0.4, -0.2) is 43.6 Å². The summed E-state index contributed by atoms with van der Waals surface area (Å²) in [5.74, 6) is 0.137. The zero-order valence-corrected chi connectivity index (χ0v) is 16.9. The van der Waals surface area contributed by atoms with E-state index < -0.39 is 0 Å². The van der Waals surface area contributed by atoms with Gasteiger partial charge in [-0.1, -0.05) is 46.3 Å². The van der Waals surface area contributed by atoms with Crippen molar-refractivity contribution in [1.82, 2.24) is 4.90 Å². The van der Waals surface area contributed by atoms with Gasteiger partial charge in [-0.3, -0.25) is 9.69 Å². The van der Waals surface area contributed by atoms with Gasteiger partial charge in [-0.15, -0.1) is 0 Å². The average Bonchev–Trinajstić information content (AvgIpc) is 2.65. The van der Waals surface area contributed by atoms with E-state index in [-0.39, 0.29) is 12.0 Å². The van der Waals surface area contributed by atoms with E-state index in [2.05, 4.69) is 33.0 Å². The number of para-hydroxylation sites is 1. The van der Waals surface area contributed by atoms with Crippen molar-refractivity contribution in [3.8, 4) is 0 Å². The lowest BCUT2D eigenvalue weighted by atomic mass is 10.1. The van der Waals surface area contributed by atoms with Crippen LogP contribution in [-0.2, 0) is 9.53 Å². The number of amides is 1. The van der Waals surface area contributed by atoms with Crippen molar-refractivity contribution >= 4 is 27.5 Å². The molecule has 26 heavy (non-hydrogen) atoms. The predicted octanol–water partition coefficient (Wildman–Crippen LogP) is 4.18. The number of benzene rings is 2. The molecule has 3 rings (SSSR count). The number of carbonyl (C=O) groups excluding carboxylic acids is 1. The van der Waals surface area contributed by atoms with Gasteiger partial charge in [-0.2, -0.15) is 0 Å². The second-order valence-corrected chi connectivity index (χ2v) is 7.49. The Hall–Kier alpha value is -1.69. The SMILES string of the molecule is CCN(C(=O)CN1CCOC(c2ccc(Br)cc2)C1)c1ccccc1C. The Morgan fingerprint density at radius 2 is 1.96 bits per heavy atom. The van der Waals surface area contributed by atoms with Crippen molar-refractivity contribution in [2.24, 2.45) is 0 Å². The first kappa shape index (κ1) is 19.1. The van der Waals surface area contributed by atoms with Crippen molar-refractivity contribution in [2.45, 2.75) is 20.0 Å². The lowest BCUT2D eigenvalue weighted by molar-refractivity contribution is -0.121. The van der Waals surface area contributed by atoms with E-state index in [1.54, 1.807) is 0 Å². The summed E-state index contributed by atoms with van der Waals surface area (Å²) in [4.78, 5) is 17.0. The molecule has 0 aliphatic carbocycles. The smallest absolute Gasteiger partial charge is 0.241 e. The fraction of sp³-hybridized carbons (Fsp3) is 0.381. The Labute approximate surface area is 163 Å². The first-order valence-electron chi connectivity index (χ1n) is 9.04. The molecule has 1 heterocycles. The van der Waals surface area contributed by atoms with Crippen LogP contribution in [0.15, 0.2) is 53.0 Å². The molecule has 0 radical (unpaired) electrons. The summed E-state index contributed by atoms with van der Waals surface area (Å²) in [6, 6.07) is 16.2. The van der Waals surface area contributed by atoms with Gasteiger partial charge >= 0.3 is 0 Å². The minimum absolute atomic E-state index is 0.0122. The molecule has 1 atom stereocenters. The summed E-state index contributed by atoms with van der Waals surface area (Å²) >= 11 is 3.46. The van der Waals surface area contributed by atoms with E-state index in [9.17, 15) is 4.79 Å². The number of halogens is 1. The van der Waals surface area contributed by atoms with Crippen LogP contribution in [0.5, 0.6) is 0 Å². The van der Waals surface area contributed by atoms with Crippen molar-refractivity contribution in [3.05, 3.63) is 64.1 Å². The van der Waals surface area contributed by atoms with Gasteiger partial charge in [0.15, 0.2) is 0 Å². The third kappa shape index (κ3) is 4.53. The third-order valence-corrected chi connectivity index (χ3v) is 5.30. The van der Waals surface area contributed by atoms with E-state index in [0.29, 0.717) is 19.7 Å². The zero-order chi connectivity index (χ0) is 18.5. The Morgan fingerprint density at radius 1 is 1.23 bits per heavy atom. The standard InChI is InChI=1S/C21H25BrN2O2/c1-3-24(19-7-5-4-6-16(19)2)21(25)15-23-12-13-26-20(14-23)17-8-10-18(22)11-9-17/h4-11,20H,3,12-15H2,1-2H3. The van der Waals surface area contributed by atoms with Crippen LogP contribution < -0.4 is 4.90 Å². The van der Waals surface area contributed by atoms with Crippen LogP contribution in [0, 0.1) is 6.92 Å². The normalized spacial score (nSPS) is 17.9. The van der Waals surface area contributed by atoms with Crippen molar-refractivity contribution < 1.29 is 9.53 Å². The summed E-state index contributed by atoms with van der Waals surface area (Å²) in [6.07, 6.45) is 0.0122. The van der Waals surface area contributed by atoms with Crippen molar-refractivity contribution in [3.63, 3.8) is 0 Å². The highest BCUT2D eigenvalue weighted by atomic mass is 79.9. The van der Waals surface area contributed by atoms with Crippen LogP contribution in [0.2, 0.25) is 0 Å². The molecule has 1 unspecified atom stereocenters. The van der Waals surface area contributed by atoms with E-state index in [1.165, 1.54) is 0 Å². The first-order chi connectivity index (χ1) is 12.6. The molecule has 5 heteroatoms. The number of aryl methyl sites for hydroxylation is 1. The molecule has 0 N–H and O–H groups in total. The third-order valence-electron chi connectivity index (χ3n) is 4.77. The van der Waals surface area contributed by atoms with Gasteiger partial charge in [0.2, 0.25) is 5.91 Å². The van der Waals surface area contributed by atoms with Crippen LogP contribution in [0.4, 0.5) is 5.69 Å². The number of likely N-dealkylation sites (N-methyl/N-ethyl adjacent to an activating group) is 1. The number of rotatable bonds is 5. The molecule has 1 amide bonds. The maximum Gasteiger partial charge on any atom is 0.241 e. The summed E-state index contributed by atoms with van der Waals surface area (Å²) in [7, 11) is 0. The largest absolute Gasteiger partial charge is 0.371 e. The molecule has 0 aromatic heterocycles. The van der Waals surface area contributed by atoms with Crippen LogP contribution >= 0.6 is 15.9 Å². The van der Waals surface area contributed by atoms with Gasteiger partial charge in [0.1, 0.15) is 0 Å². The van der Waals surface area contributed by atoms with Crippen molar-refractivity contribution in [1.29, 1.82) is 0 Å². The predicted molar refractivity (Wildman–Crippen MR) is 108 cm³/mol. The molecule has 1 aliphatic heterocycles. The molecule has 1 saturated heterocycles. The van der Waals surface area contributed by atoms with Gasteiger partial charge in [0, 0.05) is 29.8 Å². The van der Waals surface area contributed by atoms with Crippen molar-refractivity contribution in [2.75, 3.05) is 37.7 Å². The van der Waals surface area contributed by atoms with E-state index >= 15 is 0 Å². The number of ether oxygens (including phenoxy) is 1. The number of hydrogen-bond donors (Lipinski definition) is 0. The van der Waals surface area contributed by atoms with Crippen LogP contribution in [0.1, 0.15) is 24.2 Å². The van der Waals surface area contributed by atoms with Gasteiger partial charge < -0.3 is 9.64 Å². The number of morpholine rings is 1. The van der Waals surface area contributed by atoms with Gasteiger partial charge in [0.05, 0.1) is 19.3 Å². The molecule has 138 valence electrons. The minimum atomic E-state index is 0.0122. The first-order valence-corrected chi connectivity index (χ1v) is 9.83. The van der Waals surface area contributed by atoms with Crippen LogP contribution in [0.3, 0.4) is 0 Å². The van der Waals surface area contributed by atoms with E-state index in [0.717, 1.165) is 34.4 Å². The number of hydrogen-bond acceptors (Lipinski definition) is 3. The molecule has 2 aromatic rings. The fourth-order valence-corrected chi connectivity index (χ4v) is 3.61.